The molecule has 2 aromatic rings. The van der Waals surface area contributed by atoms with Crippen LogP contribution in [0.4, 0.5) is 5.13 Å². The van der Waals surface area contributed by atoms with Crippen LogP contribution >= 0.6 is 23.1 Å². The molecule has 4 rings (SSSR count). The summed E-state index contributed by atoms with van der Waals surface area (Å²) < 4.78 is 6.18. The molecule has 30 heavy (non-hydrogen) atoms. The fraction of sp³-hybridized carbons (Fsp3) is 0.524. The Morgan fingerprint density at radius 1 is 1.27 bits per heavy atom. The molecule has 0 aliphatic heterocycles. The molecule has 0 aromatic carbocycles. The largest absolute Gasteiger partial charge is 0.467 e. The van der Waals surface area contributed by atoms with Crippen LogP contribution in [0.2, 0.25) is 0 Å². The van der Waals surface area contributed by atoms with Crippen molar-refractivity contribution in [2.45, 2.75) is 68.8 Å². The lowest BCUT2D eigenvalue weighted by atomic mass is 10.0. The van der Waals surface area contributed by atoms with Crippen molar-refractivity contribution in [3.63, 3.8) is 0 Å². The zero-order valence-corrected chi connectivity index (χ0v) is 18.7. The molecule has 9 heteroatoms. The monoisotopic (exact) mass is 446 g/mol. The van der Waals surface area contributed by atoms with Crippen LogP contribution in [0.1, 0.15) is 57.6 Å². The SMILES string of the molecule is CCC(=O)N(c1nnc(SCC(=O)N(Cc2ccco2)C2=CCCCC2)s1)C1CC1. The zero-order chi connectivity index (χ0) is 20.9. The number of rotatable bonds is 9. The summed E-state index contributed by atoms with van der Waals surface area (Å²) in [4.78, 5) is 29.0. The number of hydrogen-bond acceptors (Lipinski definition) is 7. The molecule has 0 bridgehead atoms. The number of hydrogen-bond donors (Lipinski definition) is 0. The summed E-state index contributed by atoms with van der Waals surface area (Å²) in [7, 11) is 0. The Morgan fingerprint density at radius 2 is 2.13 bits per heavy atom. The van der Waals surface area contributed by atoms with Gasteiger partial charge in [0, 0.05) is 18.2 Å². The second-order valence-corrected chi connectivity index (χ2v) is 9.67. The normalized spacial score (nSPS) is 16.2. The summed E-state index contributed by atoms with van der Waals surface area (Å²) in [6.07, 6.45) is 10.5. The van der Waals surface area contributed by atoms with Gasteiger partial charge in [-0.05, 0) is 50.7 Å². The minimum Gasteiger partial charge on any atom is -0.467 e. The van der Waals surface area contributed by atoms with E-state index in [0.29, 0.717) is 22.4 Å². The van der Waals surface area contributed by atoms with Gasteiger partial charge in [-0.25, -0.2) is 0 Å². The molecular formula is C21H26N4O3S2. The van der Waals surface area contributed by atoms with Gasteiger partial charge >= 0.3 is 0 Å². The number of anilines is 1. The quantitative estimate of drug-likeness (QED) is 0.413. The number of nitrogens with zero attached hydrogens (tertiary/aromatic N) is 4. The lowest BCUT2D eigenvalue weighted by Gasteiger charge is -2.26. The van der Waals surface area contributed by atoms with Crippen LogP contribution < -0.4 is 4.90 Å². The van der Waals surface area contributed by atoms with E-state index in [4.69, 9.17) is 4.42 Å². The minimum atomic E-state index is 0.0324. The van der Waals surface area contributed by atoms with Gasteiger partial charge in [-0.15, -0.1) is 10.2 Å². The van der Waals surface area contributed by atoms with E-state index >= 15 is 0 Å². The average molecular weight is 447 g/mol. The molecular weight excluding hydrogens is 420 g/mol. The Morgan fingerprint density at radius 3 is 2.80 bits per heavy atom. The van der Waals surface area contributed by atoms with E-state index in [1.165, 1.54) is 29.5 Å². The van der Waals surface area contributed by atoms with Crippen LogP contribution in [0.3, 0.4) is 0 Å². The molecule has 1 saturated carbocycles. The van der Waals surface area contributed by atoms with Crippen molar-refractivity contribution in [3.8, 4) is 0 Å². The first-order valence-electron chi connectivity index (χ1n) is 10.5. The number of thioether (sulfide) groups is 1. The lowest BCUT2D eigenvalue weighted by molar-refractivity contribution is -0.127. The predicted octanol–water partition coefficient (Wildman–Crippen LogP) is 4.62. The number of carbonyl (C=O) groups is 2. The highest BCUT2D eigenvalue weighted by molar-refractivity contribution is 8.01. The van der Waals surface area contributed by atoms with E-state index < -0.39 is 0 Å². The summed E-state index contributed by atoms with van der Waals surface area (Å²) >= 11 is 2.77. The van der Waals surface area contributed by atoms with E-state index in [1.54, 1.807) is 11.2 Å². The average Bonchev–Trinajstić information content (AvgIpc) is 3.26. The number of amides is 2. The van der Waals surface area contributed by atoms with Crippen LogP contribution in [0.15, 0.2) is 38.9 Å². The van der Waals surface area contributed by atoms with Crippen LogP contribution in [0.5, 0.6) is 0 Å². The van der Waals surface area contributed by atoms with E-state index in [1.807, 2.05) is 24.0 Å². The van der Waals surface area contributed by atoms with Gasteiger partial charge in [0.05, 0.1) is 18.6 Å². The van der Waals surface area contributed by atoms with E-state index in [0.717, 1.165) is 43.6 Å². The fourth-order valence-electron chi connectivity index (χ4n) is 3.50. The molecule has 7 nitrogen and oxygen atoms in total. The second-order valence-electron chi connectivity index (χ2n) is 7.49. The van der Waals surface area contributed by atoms with Crippen molar-refractivity contribution < 1.29 is 14.0 Å². The maximum absolute atomic E-state index is 13.1. The Hall–Kier alpha value is -2.13. The predicted molar refractivity (Wildman–Crippen MR) is 117 cm³/mol. The molecule has 2 amide bonds. The maximum Gasteiger partial charge on any atom is 0.237 e. The molecule has 2 aromatic heterocycles. The highest BCUT2D eigenvalue weighted by atomic mass is 32.2. The highest BCUT2D eigenvalue weighted by Crippen LogP contribution is 2.36. The molecule has 0 N–H and O–H groups in total. The van der Waals surface area contributed by atoms with Gasteiger partial charge in [0.1, 0.15) is 5.76 Å². The summed E-state index contributed by atoms with van der Waals surface area (Å²) in [5, 5.41) is 9.08. The standard InChI is InChI=1S/C21H26N4O3S2/c1-2-18(26)25(16-10-11-16)20-22-23-21(30-20)29-14-19(27)24(13-17-9-6-12-28-17)15-7-4-3-5-8-15/h6-7,9,12,16H,2-5,8,10-11,13-14H2,1H3. The summed E-state index contributed by atoms with van der Waals surface area (Å²) in [5.41, 5.74) is 1.08. The minimum absolute atomic E-state index is 0.0324. The van der Waals surface area contributed by atoms with Crippen LogP contribution in [-0.4, -0.2) is 38.7 Å². The number of carbonyl (C=O) groups excluding carboxylic acids is 2. The first kappa shape index (κ1) is 21.1. The summed E-state index contributed by atoms with van der Waals surface area (Å²) in [6, 6.07) is 3.99. The molecule has 2 aliphatic rings. The number of aromatic nitrogens is 2. The third-order valence-corrected chi connectivity index (χ3v) is 7.25. The highest BCUT2D eigenvalue weighted by Gasteiger charge is 2.35. The molecule has 1 fully saturated rings. The Kier molecular flexibility index (Phi) is 6.89. The molecule has 0 radical (unpaired) electrons. The van der Waals surface area contributed by atoms with Crippen LogP contribution in [-0.2, 0) is 16.1 Å². The topological polar surface area (TPSA) is 79.5 Å². The first-order chi connectivity index (χ1) is 14.7. The summed E-state index contributed by atoms with van der Waals surface area (Å²) in [5.74, 6) is 1.16. The van der Waals surface area contributed by atoms with Gasteiger partial charge in [-0.1, -0.05) is 36.1 Å². The molecule has 2 aliphatic carbocycles. The molecule has 2 heterocycles. The number of furan rings is 1. The molecule has 0 saturated heterocycles. The van der Waals surface area contributed by atoms with Crippen molar-refractivity contribution >= 4 is 40.0 Å². The second kappa shape index (κ2) is 9.78. The molecule has 0 spiro atoms. The Labute approximate surface area is 184 Å². The van der Waals surface area contributed by atoms with Crippen molar-refractivity contribution in [2.75, 3.05) is 10.7 Å². The van der Waals surface area contributed by atoms with Gasteiger partial charge < -0.3 is 9.32 Å². The van der Waals surface area contributed by atoms with Crippen molar-refractivity contribution in [2.24, 2.45) is 0 Å². The lowest BCUT2D eigenvalue weighted by Crippen LogP contribution is -2.32. The van der Waals surface area contributed by atoms with Crippen LogP contribution in [0.25, 0.3) is 0 Å². The number of allylic oxidation sites excluding steroid dienone is 2. The Balaban J connectivity index is 1.41. The third kappa shape index (κ3) is 5.13. The van der Waals surface area contributed by atoms with Gasteiger partial charge in [0.2, 0.25) is 16.9 Å². The van der Waals surface area contributed by atoms with E-state index in [-0.39, 0.29) is 23.6 Å². The van der Waals surface area contributed by atoms with Crippen LogP contribution in [0, 0.1) is 0 Å². The van der Waals surface area contributed by atoms with Gasteiger partial charge in [-0.2, -0.15) is 0 Å². The maximum atomic E-state index is 13.1. The third-order valence-electron chi connectivity index (χ3n) is 5.21. The van der Waals surface area contributed by atoms with Gasteiger partial charge in [-0.3, -0.25) is 14.5 Å². The Bertz CT molecular complexity index is 905. The van der Waals surface area contributed by atoms with E-state index in [2.05, 4.69) is 16.3 Å². The molecule has 0 atom stereocenters. The van der Waals surface area contributed by atoms with Crippen molar-refractivity contribution in [3.05, 3.63) is 35.9 Å². The van der Waals surface area contributed by atoms with Crippen molar-refractivity contribution in [1.82, 2.24) is 15.1 Å². The molecule has 0 unspecified atom stereocenters. The first-order valence-corrected chi connectivity index (χ1v) is 12.3. The van der Waals surface area contributed by atoms with E-state index in [9.17, 15) is 9.59 Å². The summed E-state index contributed by atoms with van der Waals surface area (Å²) in [6.45, 7) is 2.31. The zero-order valence-electron chi connectivity index (χ0n) is 17.1. The van der Waals surface area contributed by atoms with Crippen molar-refractivity contribution in [1.29, 1.82) is 0 Å². The molecule has 160 valence electrons. The van der Waals surface area contributed by atoms with Gasteiger partial charge in [0.25, 0.3) is 0 Å². The fourth-order valence-corrected chi connectivity index (χ4v) is 5.31. The smallest absolute Gasteiger partial charge is 0.237 e. The van der Waals surface area contributed by atoms with Gasteiger partial charge in [0.15, 0.2) is 4.34 Å².